The molecule has 0 aromatic heterocycles. The number of likely N-dealkylation sites (N-methyl/N-ethyl adjacent to an activating group) is 1. The number of nitrogens with zero attached hydrogens (tertiary/aromatic N) is 1. The summed E-state index contributed by atoms with van der Waals surface area (Å²) in [5, 5.41) is 9.58. The number of aliphatic carboxylic acids is 1. The van der Waals surface area contributed by atoms with Gasteiger partial charge in [0.15, 0.2) is 12.1 Å². The molecule has 0 aliphatic rings. The second-order valence-corrected chi connectivity index (χ2v) is 15.2. The first-order valence-electron chi connectivity index (χ1n) is 21.2. The maximum Gasteiger partial charge on any atom is 0.362 e. The highest BCUT2D eigenvalue weighted by Crippen LogP contribution is 2.14. The number of rotatable bonds is 37. The Morgan fingerprint density at radius 3 is 1.57 bits per heavy atom. The molecular weight excluding hydrogens is 666 g/mol. The predicted molar refractivity (Wildman–Crippen MR) is 220 cm³/mol. The number of hydrogen-bond donors (Lipinski definition) is 1. The zero-order valence-electron chi connectivity index (χ0n) is 34.7. The lowest BCUT2D eigenvalue weighted by atomic mass is 10.0. The monoisotopic (exact) mass is 747 g/mol. The summed E-state index contributed by atoms with van der Waals surface area (Å²) in [6, 6.07) is -0.613. The van der Waals surface area contributed by atoms with E-state index in [9.17, 15) is 19.5 Å². The highest BCUT2D eigenvalue weighted by atomic mass is 16.6. The number of allylic oxidation sites excluding steroid dienone is 8. The van der Waals surface area contributed by atoms with Gasteiger partial charge in [0.2, 0.25) is 0 Å². The number of carboxylic acid groups (broad SMARTS) is 1. The Balaban J connectivity index is 4.16. The SMILES string of the molecule is CC/C=C\C/C=C\C/C=C\C/C=C\CCCCCCCCCCCCC(=O)OC(COCCC(C(=O)O)[N+](C)(C)C)COC(=O)CCCCCCCC. The fourth-order valence-electron chi connectivity index (χ4n) is 5.96. The van der Waals surface area contributed by atoms with Crippen LogP contribution < -0.4 is 0 Å². The van der Waals surface area contributed by atoms with Gasteiger partial charge in [-0.05, 0) is 51.4 Å². The lowest BCUT2D eigenvalue weighted by Gasteiger charge is -2.31. The zero-order chi connectivity index (χ0) is 39.3. The Labute approximate surface area is 325 Å². The average molecular weight is 747 g/mol. The molecule has 0 saturated carbocycles. The molecule has 2 atom stereocenters. The molecule has 0 rings (SSSR count). The maximum absolute atomic E-state index is 12.7. The molecule has 53 heavy (non-hydrogen) atoms. The largest absolute Gasteiger partial charge is 0.477 e. The highest BCUT2D eigenvalue weighted by molar-refractivity contribution is 5.72. The maximum atomic E-state index is 12.7. The van der Waals surface area contributed by atoms with Gasteiger partial charge in [0, 0.05) is 19.3 Å². The molecule has 306 valence electrons. The first-order valence-corrected chi connectivity index (χ1v) is 21.2. The fourth-order valence-corrected chi connectivity index (χ4v) is 5.96. The second kappa shape index (κ2) is 36.3. The Kier molecular flexibility index (Phi) is 34.4. The third kappa shape index (κ3) is 34.8. The van der Waals surface area contributed by atoms with Crippen LogP contribution in [0.15, 0.2) is 48.6 Å². The van der Waals surface area contributed by atoms with E-state index in [2.05, 4.69) is 62.5 Å². The highest BCUT2D eigenvalue weighted by Gasteiger charge is 2.31. The normalized spacial score (nSPS) is 13.5. The Bertz CT molecular complexity index is 1010. The van der Waals surface area contributed by atoms with Gasteiger partial charge in [-0.15, -0.1) is 0 Å². The molecule has 1 N–H and O–H groups in total. The van der Waals surface area contributed by atoms with Crippen LogP contribution in [-0.4, -0.2) is 80.6 Å². The van der Waals surface area contributed by atoms with Gasteiger partial charge in [-0.1, -0.05) is 146 Å². The van der Waals surface area contributed by atoms with E-state index in [1.54, 1.807) is 0 Å². The molecule has 0 heterocycles. The molecule has 0 radical (unpaired) electrons. The minimum absolute atomic E-state index is 0.0530. The number of esters is 2. The molecule has 2 unspecified atom stereocenters. The molecule has 0 bridgehead atoms. The van der Waals surface area contributed by atoms with Gasteiger partial charge in [0.1, 0.15) is 6.61 Å². The van der Waals surface area contributed by atoms with E-state index in [-0.39, 0.29) is 36.2 Å². The van der Waals surface area contributed by atoms with Crippen molar-refractivity contribution in [1.29, 1.82) is 0 Å². The van der Waals surface area contributed by atoms with Crippen LogP contribution in [0.5, 0.6) is 0 Å². The number of carboxylic acids is 1. The van der Waals surface area contributed by atoms with Crippen molar-refractivity contribution in [3.05, 3.63) is 48.6 Å². The van der Waals surface area contributed by atoms with E-state index in [1.165, 1.54) is 70.6 Å². The van der Waals surface area contributed by atoms with E-state index in [0.29, 0.717) is 19.3 Å². The van der Waals surface area contributed by atoms with Crippen molar-refractivity contribution in [2.24, 2.45) is 0 Å². The number of quaternary nitrogens is 1. The van der Waals surface area contributed by atoms with Crippen LogP contribution in [0.3, 0.4) is 0 Å². The topological polar surface area (TPSA) is 99.1 Å². The minimum Gasteiger partial charge on any atom is -0.477 e. The molecular formula is C45H80NO7+. The molecule has 0 fully saturated rings. The second-order valence-electron chi connectivity index (χ2n) is 15.2. The lowest BCUT2D eigenvalue weighted by molar-refractivity contribution is -0.887. The molecule has 8 nitrogen and oxygen atoms in total. The van der Waals surface area contributed by atoms with Crippen LogP contribution in [-0.2, 0) is 28.6 Å². The predicted octanol–water partition coefficient (Wildman–Crippen LogP) is 11.2. The summed E-state index contributed by atoms with van der Waals surface area (Å²) in [6.07, 6.45) is 41.8. The van der Waals surface area contributed by atoms with Gasteiger partial charge in [-0.3, -0.25) is 9.59 Å². The fraction of sp³-hybridized carbons (Fsp3) is 0.756. The van der Waals surface area contributed by atoms with Crippen LogP contribution in [0, 0.1) is 0 Å². The summed E-state index contributed by atoms with van der Waals surface area (Å²) >= 11 is 0. The molecule has 0 aromatic rings. The van der Waals surface area contributed by atoms with Crippen LogP contribution in [0.4, 0.5) is 0 Å². The van der Waals surface area contributed by atoms with Crippen LogP contribution in [0.25, 0.3) is 0 Å². The van der Waals surface area contributed by atoms with Gasteiger partial charge in [-0.25, -0.2) is 4.79 Å². The van der Waals surface area contributed by atoms with E-state index in [1.807, 2.05) is 21.1 Å². The third-order valence-electron chi connectivity index (χ3n) is 9.24. The summed E-state index contributed by atoms with van der Waals surface area (Å²) < 4.78 is 17.2. The van der Waals surface area contributed by atoms with E-state index >= 15 is 0 Å². The summed E-state index contributed by atoms with van der Waals surface area (Å²) in [5.41, 5.74) is 0. The van der Waals surface area contributed by atoms with Gasteiger partial charge in [0.05, 0.1) is 34.4 Å². The van der Waals surface area contributed by atoms with Crippen LogP contribution in [0.1, 0.15) is 168 Å². The molecule has 0 aliphatic heterocycles. The number of ether oxygens (including phenoxy) is 3. The van der Waals surface area contributed by atoms with Gasteiger partial charge >= 0.3 is 17.9 Å². The van der Waals surface area contributed by atoms with E-state index in [4.69, 9.17) is 14.2 Å². The van der Waals surface area contributed by atoms with Crippen molar-refractivity contribution < 1.29 is 38.2 Å². The number of carbonyl (C=O) groups excluding carboxylic acids is 2. The summed E-state index contributed by atoms with van der Waals surface area (Å²) in [4.78, 5) is 36.7. The van der Waals surface area contributed by atoms with E-state index in [0.717, 1.165) is 64.2 Å². The quantitative estimate of drug-likeness (QED) is 0.0292. The van der Waals surface area contributed by atoms with Crippen molar-refractivity contribution in [3.63, 3.8) is 0 Å². The zero-order valence-corrected chi connectivity index (χ0v) is 34.7. The standard InChI is InChI=1S/C45H79NO7/c1-6-8-10-12-14-15-16-17-18-19-20-21-22-23-24-25-26-27-28-29-30-32-34-36-44(48)53-41(39-51-38-37-42(45(49)50)46(3,4)5)40-52-43(47)35-33-31-13-11-9-7-2/h8,10,14-15,17-18,20-21,41-42H,6-7,9,11-13,16,19,22-40H2,1-5H3/p+1/b10-8-,15-14-,18-17-,21-20-. The minimum atomic E-state index is -0.878. The summed E-state index contributed by atoms with van der Waals surface area (Å²) in [5.74, 6) is -1.48. The van der Waals surface area contributed by atoms with E-state index < -0.39 is 18.1 Å². The van der Waals surface area contributed by atoms with Crippen molar-refractivity contribution in [1.82, 2.24) is 0 Å². The molecule has 0 aliphatic carbocycles. The first kappa shape index (κ1) is 50.3. The lowest BCUT2D eigenvalue weighted by Crippen LogP contribution is -2.50. The average Bonchev–Trinajstić information content (AvgIpc) is 3.11. The summed E-state index contributed by atoms with van der Waals surface area (Å²) in [7, 11) is 5.51. The van der Waals surface area contributed by atoms with Crippen molar-refractivity contribution >= 4 is 17.9 Å². The van der Waals surface area contributed by atoms with Crippen LogP contribution in [0.2, 0.25) is 0 Å². The van der Waals surface area contributed by atoms with Crippen LogP contribution >= 0.6 is 0 Å². The Morgan fingerprint density at radius 1 is 0.585 bits per heavy atom. The molecule has 0 saturated heterocycles. The number of hydrogen-bond acceptors (Lipinski definition) is 6. The number of carbonyl (C=O) groups is 3. The number of unbranched alkanes of at least 4 members (excludes halogenated alkanes) is 15. The van der Waals surface area contributed by atoms with Crippen molar-refractivity contribution in [3.8, 4) is 0 Å². The molecule has 0 amide bonds. The van der Waals surface area contributed by atoms with Crippen molar-refractivity contribution in [2.45, 2.75) is 180 Å². The molecule has 0 aromatic carbocycles. The molecule has 8 heteroatoms. The van der Waals surface area contributed by atoms with Gasteiger partial charge in [-0.2, -0.15) is 0 Å². The first-order chi connectivity index (χ1) is 25.6. The smallest absolute Gasteiger partial charge is 0.362 e. The van der Waals surface area contributed by atoms with Gasteiger partial charge < -0.3 is 23.8 Å². The summed E-state index contributed by atoms with van der Waals surface area (Å²) in [6.45, 7) is 4.55. The Morgan fingerprint density at radius 2 is 1.06 bits per heavy atom. The van der Waals surface area contributed by atoms with Crippen molar-refractivity contribution in [2.75, 3.05) is 41.0 Å². The molecule has 0 spiro atoms. The van der Waals surface area contributed by atoms with Gasteiger partial charge in [0.25, 0.3) is 0 Å². The Hall–Kier alpha value is -2.71. The third-order valence-corrected chi connectivity index (χ3v) is 9.24.